The molecule has 5 heteroatoms. The minimum atomic E-state index is -0.883. The van der Waals surface area contributed by atoms with E-state index in [2.05, 4.69) is 67.2 Å². The van der Waals surface area contributed by atoms with Crippen molar-refractivity contribution in [1.82, 2.24) is 4.90 Å². The second-order valence-corrected chi connectivity index (χ2v) is 13.5. The Labute approximate surface area is 221 Å². The molecule has 0 saturated carbocycles. The number of hydrogen-bond acceptors (Lipinski definition) is 5. The average molecular weight is 504 g/mol. The molecule has 1 rings (SSSR count). The van der Waals surface area contributed by atoms with Gasteiger partial charge < -0.3 is 14.7 Å². The minimum Gasteiger partial charge on any atom is -0.507 e. The van der Waals surface area contributed by atoms with E-state index in [9.17, 15) is 14.7 Å². The van der Waals surface area contributed by atoms with Crippen molar-refractivity contribution in [3.05, 3.63) is 28.8 Å². The normalized spacial score (nSPS) is 15.5. The van der Waals surface area contributed by atoms with Crippen molar-refractivity contribution in [3.63, 3.8) is 0 Å². The lowest BCUT2D eigenvalue weighted by Crippen LogP contribution is -2.42. The Morgan fingerprint density at radius 2 is 1.44 bits per heavy atom. The third kappa shape index (κ3) is 8.33. The van der Waals surface area contributed by atoms with Gasteiger partial charge in [-0.2, -0.15) is 0 Å². The van der Waals surface area contributed by atoms with Gasteiger partial charge in [-0.05, 0) is 75.7 Å². The quantitative estimate of drug-likeness (QED) is 0.257. The first kappa shape index (κ1) is 32.1. The number of esters is 1. The van der Waals surface area contributed by atoms with Gasteiger partial charge in [0.25, 0.3) is 0 Å². The molecule has 0 aliphatic heterocycles. The van der Waals surface area contributed by atoms with Gasteiger partial charge in [-0.3, -0.25) is 9.59 Å². The van der Waals surface area contributed by atoms with Crippen molar-refractivity contribution in [2.24, 2.45) is 5.92 Å². The van der Waals surface area contributed by atoms with Crippen LogP contribution in [0.3, 0.4) is 0 Å². The molecule has 0 amide bonds. The lowest BCUT2D eigenvalue weighted by Gasteiger charge is -2.35. The highest BCUT2D eigenvalue weighted by atomic mass is 16.5. The number of phenolic OH excluding ortho intramolecular Hbond substituents is 1. The predicted molar refractivity (Wildman–Crippen MR) is 150 cm³/mol. The summed E-state index contributed by atoms with van der Waals surface area (Å²) in [4.78, 5) is 28.7. The van der Waals surface area contributed by atoms with E-state index in [1.165, 1.54) is 6.92 Å². The van der Waals surface area contributed by atoms with E-state index in [0.717, 1.165) is 29.5 Å². The molecule has 206 valence electrons. The molecule has 0 saturated heterocycles. The highest BCUT2D eigenvalue weighted by molar-refractivity contribution is 5.99. The van der Waals surface area contributed by atoms with Gasteiger partial charge >= 0.3 is 5.97 Å². The van der Waals surface area contributed by atoms with Crippen LogP contribution in [0, 0.1) is 5.92 Å². The molecule has 3 atom stereocenters. The molecule has 1 N–H and O–H groups in total. The van der Waals surface area contributed by atoms with Crippen molar-refractivity contribution in [2.45, 2.75) is 130 Å². The molecule has 0 spiro atoms. The molecule has 0 aromatic heterocycles. The lowest BCUT2D eigenvalue weighted by atomic mass is 9.73. The lowest BCUT2D eigenvalue weighted by molar-refractivity contribution is -0.158. The topological polar surface area (TPSA) is 66.8 Å². The van der Waals surface area contributed by atoms with Crippen LogP contribution in [0.15, 0.2) is 12.1 Å². The van der Waals surface area contributed by atoms with Gasteiger partial charge in [0.2, 0.25) is 0 Å². The minimum absolute atomic E-state index is 0.146. The van der Waals surface area contributed by atoms with E-state index in [0.29, 0.717) is 18.6 Å². The summed E-state index contributed by atoms with van der Waals surface area (Å²) in [7, 11) is 4.02. The zero-order valence-electron chi connectivity index (χ0n) is 25.3. The van der Waals surface area contributed by atoms with Gasteiger partial charge in [0.15, 0.2) is 0 Å². The largest absolute Gasteiger partial charge is 0.507 e. The first-order chi connectivity index (χ1) is 16.2. The number of nitrogens with zero attached hydrogens (tertiary/aromatic N) is 1. The number of ether oxygens (including phenoxy) is 1. The Bertz CT molecular complexity index is 867. The van der Waals surface area contributed by atoms with Crippen molar-refractivity contribution in [3.8, 4) is 5.75 Å². The van der Waals surface area contributed by atoms with Crippen LogP contribution in [0.1, 0.15) is 124 Å². The maximum atomic E-state index is 13.6. The van der Waals surface area contributed by atoms with Crippen molar-refractivity contribution in [2.75, 3.05) is 14.1 Å². The second kappa shape index (κ2) is 12.1. The second-order valence-electron chi connectivity index (χ2n) is 13.5. The first-order valence-electron chi connectivity index (χ1n) is 13.5. The van der Waals surface area contributed by atoms with Crippen LogP contribution in [0.4, 0.5) is 0 Å². The fraction of sp³-hybridized carbons (Fsp3) is 0.742. The van der Waals surface area contributed by atoms with Crippen LogP contribution >= 0.6 is 0 Å². The zero-order valence-corrected chi connectivity index (χ0v) is 25.3. The van der Waals surface area contributed by atoms with Crippen LogP contribution in [-0.2, 0) is 25.2 Å². The van der Waals surface area contributed by atoms with Crippen molar-refractivity contribution in [1.29, 1.82) is 0 Å². The highest BCUT2D eigenvalue weighted by Crippen LogP contribution is 2.43. The molecule has 0 heterocycles. The maximum absolute atomic E-state index is 13.6. The van der Waals surface area contributed by atoms with Gasteiger partial charge in [0.05, 0.1) is 0 Å². The summed E-state index contributed by atoms with van der Waals surface area (Å²) < 4.78 is 5.93. The summed E-state index contributed by atoms with van der Waals surface area (Å²) in [6.07, 6.45) is 2.89. The van der Waals surface area contributed by atoms with Crippen LogP contribution in [0.2, 0.25) is 0 Å². The van der Waals surface area contributed by atoms with Gasteiger partial charge in [0, 0.05) is 17.9 Å². The Kier molecular flexibility index (Phi) is 10.8. The number of unbranched alkanes of at least 4 members (excludes halogenated alkanes) is 1. The molecule has 0 fully saturated rings. The third-order valence-electron chi connectivity index (χ3n) is 7.45. The number of carbonyl (C=O) groups excluding carboxylic acids is 2. The van der Waals surface area contributed by atoms with Gasteiger partial charge in [-0.15, -0.1) is 0 Å². The summed E-state index contributed by atoms with van der Waals surface area (Å²) in [5.41, 5.74) is 1.86. The summed E-state index contributed by atoms with van der Waals surface area (Å²) in [6, 6.07) is 4.01. The molecule has 0 radical (unpaired) electrons. The Hall–Kier alpha value is -1.88. The monoisotopic (exact) mass is 503 g/mol. The third-order valence-corrected chi connectivity index (χ3v) is 7.45. The molecule has 0 aliphatic carbocycles. The van der Waals surface area contributed by atoms with E-state index in [1.807, 2.05) is 33.2 Å². The van der Waals surface area contributed by atoms with E-state index >= 15 is 0 Å². The number of benzene rings is 1. The van der Waals surface area contributed by atoms with Gasteiger partial charge in [-0.25, -0.2) is 0 Å². The Balaban J connectivity index is 3.60. The van der Waals surface area contributed by atoms with E-state index in [-0.39, 0.29) is 34.2 Å². The van der Waals surface area contributed by atoms with E-state index in [4.69, 9.17) is 4.74 Å². The summed E-state index contributed by atoms with van der Waals surface area (Å²) >= 11 is 0. The zero-order chi connectivity index (χ0) is 28.2. The molecule has 3 unspecified atom stereocenters. The Morgan fingerprint density at radius 3 is 1.81 bits per heavy atom. The molecule has 0 aliphatic rings. The smallest absolute Gasteiger partial charge is 0.317 e. The number of phenols is 1. The molecular weight excluding hydrogens is 450 g/mol. The maximum Gasteiger partial charge on any atom is 0.317 e. The fourth-order valence-corrected chi connectivity index (χ4v) is 4.78. The number of Topliss-reactive ketones (excluding diaryl/α,β-unsaturated/α-hetero) is 1. The Morgan fingerprint density at radius 1 is 0.972 bits per heavy atom. The van der Waals surface area contributed by atoms with Crippen LogP contribution in [0.5, 0.6) is 5.75 Å². The van der Waals surface area contributed by atoms with Gasteiger partial charge in [-0.1, -0.05) is 73.4 Å². The van der Waals surface area contributed by atoms with Crippen LogP contribution in [0.25, 0.3) is 0 Å². The SMILES string of the molecule is CCCCC(c1cc(C(C)(C)C)c(O)c(C(C)(C)C)c1)C(C(C)=O)C(=O)OC(C)CC(C)(C)N(C)C. The van der Waals surface area contributed by atoms with Crippen molar-refractivity contribution >= 4 is 11.8 Å². The van der Waals surface area contributed by atoms with Crippen LogP contribution in [-0.4, -0.2) is 47.5 Å². The van der Waals surface area contributed by atoms with E-state index < -0.39 is 11.9 Å². The summed E-state index contributed by atoms with van der Waals surface area (Å²) in [5.74, 6) is -1.52. The van der Waals surface area contributed by atoms with Crippen LogP contribution < -0.4 is 0 Å². The molecule has 1 aromatic rings. The number of ketones is 1. The molecular formula is C31H53NO4. The molecule has 0 bridgehead atoms. The van der Waals surface area contributed by atoms with Crippen molar-refractivity contribution < 1.29 is 19.4 Å². The predicted octanol–water partition coefficient (Wildman–Crippen LogP) is 7.13. The standard InChI is InChI=1S/C31H53NO4/c1-14-15-16-23(22-17-24(29(4,5)6)27(34)25(18-22)30(7,8)9)26(21(3)33)28(35)36-20(2)19-31(10,11)32(12)13/h17-18,20,23,26,34H,14-16,19H2,1-13H3. The summed E-state index contributed by atoms with van der Waals surface area (Å²) in [6.45, 7) is 22.2. The number of aromatic hydroxyl groups is 1. The number of carbonyl (C=O) groups is 2. The number of rotatable bonds is 11. The highest BCUT2D eigenvalue weighted by Gasteiger charge is 2.38. The molecule has 5 nitrogen and oxygen atoms in total. The van der Waals surface area contributed by atoms with E-state index in [1.54, 1.807) is 0 Å². The first-order valence-corrected chi connectivity index (χ1v) is 13.5. The fourth-order valence-electron chi connectivity index (χ4n) is 4.78. The van der Waals surface area contributed by atoms with Gasteiger partial charge in [0.1, 0.15) is 23.6 Å². The average Bonchev–Trinajstić information content (AvgIpc) is 2.68. The summed E-state index contributed by atoms with van der Waals surface area (Å²) in [5, 5.41) is 11.2. The molecule has 1 aromatic carbocycles. The number of hydrogen-bond donors (Lipinski definition) is 1. The molecule has 36 heavy (non-hydrogen) atoms.